The summed E-state index contributed by atoms with van der Waals surface area (Å²) in [5.41, 5.74) is 0.275. The monoisotopic (exact) mass is 211 g/mol. The Balaban J connectivity index is 1.82. The summed E-state index contributed by atoms with van der Waals surface area (Å²) in [5, 5.41) is 9.51. The summed E-state index contributed by atoms with van der Waals surface area (Å²) in [5.74, 6) is 1.40. The number of likely N-dealkylation sites (tertiary alicyclic amines) is 1. The lowest BCUT2D eigenvalue weighted by Gasteiger charge is -2.28. The number of hydrogen-bond acceptors (Lipinski definition) is 2. The van der Waals surface area contributed by atoms with Crippen molar-refractivity contribution in [2.75, 3.05) is 26.2 Å². The van der Waals surface area contributed by atoms with Gasteiger partial charge in [-0.15, -0.1) is 0 Å². The fourth-order valence-electron chi connectivity index (χ4n) is 3.18. The lowest BCUT2D eigenvalue weighted by atomic mass is 9.90. The molecule has 0 aromatic rings. The van der Waals surface area contributed by atoms with Gasteiger partial charge in [0, 0.05) is 18.6 Å². The lowest BCUT2D eigenvalue weighted by Crippen LogP contribution is -2.33. The van der Waals surface area contributed by atoms with E-state index in [1.54, 1.807) is 0 Å². The van der Waals surface area contributed by atoms with Crippen molar-refractivity contribution in [3.8, 4) is 0 Å². The zero-order chi connectivity index (χ0) is 10.9. The van der Waals surface area contributed by atoms with Crippen LogP contribution in [0.5, 0.6) is 0 Å². The van der Waals surface area contributed by atoms with Crippen molar-refractivity contribution in [3.63, 3.8) is 0 Å². The molecule has 1 aliphatic carbocycles. The van der Waals surface area contributed by atoms with Crippen molar-refractivity contribution in [1.29, 1.82) is 0 Å². The van der Waals surface area contributed by atoms with Crippen LogP contribution in [0.4, 0.5) is 0 Å². The van der Waals surface area contributed by atoms with E-state index in [-0.39, 0.29) is 5.41 Å². The number of hydrogen-bond donors (Lipinski definition) is 1. The van der Waals surface area contributed by atoms with Gasteiger partial charge in [0.05, 0.1) is 0 Å². The van der Waals surface area contributed by atoms with Crippen LogP contribution in [0.2, 0.25) is 0 Å². The van der Waals surface area contributed by atoms with Crippen LogP contribution in [-0.2, 0) is 0 Å². The van der Waals surface area contributed by atoms with Gasteiger partial charge in [-0.05, 0) is 44.2 Å². The van der Waals surface area contributed by atoms with Crippen LogP contribution in [0.15, 0.2) is 0 Å². The Morgan fingerprint density at radius 1 is 1.27 bits per heavy atom. The fourth-order valence-corrected chi connectivity index (χ4v) is 3.18. The van der Waals surface area contributed by atoms with Crippen molar-refractivity contribution < 1.29 is 5.11 Å². The average molecular weight is 211 g/mol. The standard InChI is InChI=1S/C13H25NO/c1-11(2)13(10-15)8-12(13)9-14-6-4-3-5-7-14/h11-12,15H,3-10H2,1-2H3. The first-order valence-corrected chi connectivity index (χ1v) is 6.52. The Kier molecular flexibility index (Phi) is 3.36. The smallest absolute Gasteiger partial charge is 0.0493 e. The van der Waals surface area contributed by atoms with Gasteiger partial charge in [-0.1, -0.05) is 20.3 Å². The molecule has 0 aromatic heterocycles. The van der Waals surface area contributed by atoms with Crippen LogP contribution in [0, 0.1) is 17.3 Å². The van der Waals surface area contributed by atoms with Gasteiger partial charge in [0.25, 0.3) is 0 Å². The summed E-state index contributed by atoms with van der Waals surface area (Å²) in [6.45, 7) is 8.72. The van der Waals surface area contributed by atoms with Crippen LogP contribution in [0.25, 0.3) is 0 Å². The molecular formula is C13H25NO. The minimum absolute atomic E-state index is 0.275. The molecule has 1 saturated carbocycles. The molecule has 0 spiro atoms. The molecule has 0 bridgehead atoms. The molecule has 88 valence electrons. The van der Waals surface area contributed by atoms with Crippen molar-refractivity contribution in [2.45, 2.75) is 39.5 Å². The third kappa shape index (κ3) is 2.21. The van der Waals surface area contributed by atoms with Gasteiger partial charge < -0.3 is 10.0 Å². The molecular weight excluding hydrogens is 186 g/mol. The third-order valence-corrected chi connectivity index (χ3v) is 4.65. The highest BCUT2D eigenvalue weighted by molar-refractivity contribution is 5.04. The average Bonchev–Trinajstić information content (AvgIpc) is 2.94. The molecule has 1 aliphatic heterocycles. The summed E-state index contributed by atoms with van der Waals surface area (Å²) >= 11 is 0. The molecule has 0 amide bonds. The van der Waals surface area contributed by atoms with E-state index in [9.17, 15) is 5.11 Å². The highest BCUT2D eigenvalue weighted by Gasteiger charge is 2.55. The molecule has 15 heavy (non-hydrogen) atoms. The molecule has 2 heteroatoms. The van der Waals surface area contributed by atoms with Gasteiger partial charge in [0.1, 0.15) is 0 Å². The quantitative estimate of drug-likeness (QED) is 0.770. The van der Waals surface area contributed by atoms with Gasteiger partial charge in [0.2, 0.25) is 0 Å². The van der Waals surface area contributed by atoms with E-state index in [1.165, 1.54) is 45.3 Å². The second kappa shape index (κ2) is 4.42. The molecule has 0 aromatic carbocycles. The minimum atomic E-state index is 0.275. The summed E-state index contributed by atoms with van der Waals surface area (Å²) in [7, 11) is 0. The van der Waals surface area contributed by atoms with E-state index in [2.05, 4.69) is 18.7 Å². The summed E-state index contributed by atoms with van der Waals surface area (Å²) in [4.78, 5) is 2.61. The minimum Gasteiger partial charge on any atom is -0.396 e. The van der Waals surface area contributed by atoms with Crippen LogP contribution >= 0.6 is 0 Å². The van der Waals surface area contributed by atoms with Gasteiger partial charge in [0.15, 0.2) is 0 Å². The molecule has 2 unspecified atom stereocenters. The predicted octanol–water partition coefficient (Wildman–Crippen LogP) is 2.13. The molecule has 2 aliphatic rings. The predicted molar refractivity (Wildman–Crippen MR) is 62.8 cm³/mol. The van der Waals surface area contributed by atoms with Crippen molar-refractivity contribution in [1.82, 2.24) is 4.90 Å². The molecule has 1 heterocycles. The van der Waals surface area contributed by atoms with E-state index in [4.69, 9.17) is 0 Å². The molecule has 2 nitrogen and oxygen atoms in total. The Bertz CT molecular complexity index is 211. The van der Waals surface area contributed by atoms with Crippen LogP contribution in [0.3, 0.4) is 0 Å². The SMILES string of the molecule is CC(C)C1(CO)CC1CN1CCCCC1. The Morgan fingerprint density at radius 2 is 1.93 bits per heavy atom. The number of piperidine rings is 1. The maximum Gasteiger partial charge on any atom is 0.0493 e. The van der Waals surface area contributed by atoms with E-state index in [0.717, 1.165) is 5.92 Å². The van der Waals surface area contributed by atoms with E-state index < -0.39 is 0 Å². The Labute approximate surface area is 93.7 Å². The van der Waals surface area contributed by atoms with Crippen LogP contribution in [0.1, 0.15) is 39.5 Å². The lowest BCUT2D eigenvalue weighted by molar-refractivity contribution is 0.136. The Morgan fingerprint density at radius 3 is 2.40 bits per heavy atom. The zero-order valence-corrected chi connectivity index (χ0v) is 10.2. The Hall–Kier alpha value is -0.0800. The van der Waals surface area contributed by atoms with E-state index in [1.807, 2.05) is 0 Å². The second-order valence-corrected chi connectivity index (χ2v) is 5.81. The normalized spacial score (nSPS) is 37.2. The number of aliphatic hydroxyl groups excluding tert-OH is 1. The number of aliphatic hydroxyl groups is 1. The molecule has 2 rings (SSSR count). The van der Waals surface area contributed by atoms with Crippen LogP contribution in [-0.4, -0.2) is 36.2 Å². The molecule has 1 saturated heterocycles. The van der Waals surface area contributed by atoms with Crippen molar-refractivity contribution in [2.24, 2.45) is 17.3 Å². The topological polar surface area (TPSA) is 23.5 Å². The molecule has 0 radical (unpaired) electrons. The maximum absolute atomic E-state index is 9.51. The first kappa shape index (κ1) is 11.4. The van der Waals surface area contributed by atoms with Crippen LogP contribution < -0.4 is 0 Å². The summed E-state index contributed by atoms with van der Waals surface area (Å²) in [6.07, 6.45) is 5.41. The highest BCUT2D eigenvalue weighted by Crippen LogP contribution is 2.57. The fraction of sp³-hybridized carbons (Fsp3) is 1.00. The van der Waals surface area contributed by atoms with E-state index >= 15 is 0 Å². The highest BCUT2D eigenvalue weighted by atomic mass is 16.3. The van der Waals surface area contributed by atoms with Crippen molar-refractivity contribution >= 4 is 0 Å². The summed E-state index contributed by atoms with van der Waals surface area (Å²) in [6, 6.07) is 0. The largest absolute Gasteiger partial charge is 0.396 e. The molecule has 1 N–H and O–H groups in total. The number of nitrogens with zero attached hydrogens (tertiary/aromatic N) is 1. The van der Waals surface area contributed by atoms with Gasteiger partial charge in [-0.25, -0.2) is 0 Å². The maximum atomic E-state index is 9.51. The first-order valence-electron chi connectivity index (χ1n) is 6.52. The van der Waals surface area contributed by atoms with Gasteiger partial charge >= 0.3 is 0 Å². The zero-order valence-electron chi connectivity index (χ0n) is 10.2. The molecule has 2 fully saturated rings. The van der Waals surface area contributed by atoms with E-state index in [0.29, 0.717) is 12.5 Å². The van der Waals surface area contributed by atoms with Gasteiger partial charge in [-0.2, -0.15) is 0 Å². The first-order chi connectivity index (χ1) is 7.19. The number of rotatable bonds is 4. The van der Waals surface area contributed by atoms with Crippen molar-refractivity contribution in [3.05, 3.63) is 0 Å². The second-order valence-electron chi connectivity index (χ2n) is 5.81. The molecule has 2 atom stereocenters. The summed E-state index contributed by atoms with van der Waals surface area (Å²) < 4.78 is 0. The third-order valence-electron chi connectivity index (χ3n) is 4.65. The van der Waals surface area contributed by atoms with Gasteiger partial charge in [-0.3, -0.25) is 0 Å².